The van der Waals surface area contributed by atoms with Gasteiger partial charge in [0.2, 0.25) is 0 Å². The molecule has 0 atom stereocenters. The van der Waals surface area contributed by atoms with Gasteiger partial charge in [-0.15, -0.1) is 0 Å². The number of rotatable bonds is 2. The molecule has 122 valence electrons. The first-order chi connectivity index (χ1) is 12.2. The van der Waals surface area contributed by atoms with Crippen molar-refractivity contribution in [3.05, 3.63) is 70.4 Å². The van der Waals surface area contributed by atoms with Gasteiger partial charge in [0.05, 0.1) is 34.7 Å². The van der Waals surface area contributed by atoms with Gasteiger partial charge in [0, 0.05) is 12.3 Å². The lowest BCUT2D eigenvalue weighted by Gasteiger charge is -2.05. The summed E-state index contributed by atoms with van der Waals surface area (Å²) in [5.74, 6) is 0. The van der Waals surface area contributed by atoms with Crippen LogP contribution in [0.5, 0.6) is 0 Å². The molecule has 25 heavy (non-hydrogen) atoms. The van der Waals surface area contributed by atoms with E-state index in [2.05, 4.69) is 20.2 Å². The highest BCUT2D eigenvalue weighted by Crippen LogP contribution is 2.22. The number of pyridine rings is 1. The number of hydrogen-bond donors (Lipinski definition) is 1. The topological polar surface area (TPSA) is 80.9 Å². The van der Waals surface area contributed by atoms with Crippen molar-refractivity contribution in [1.29, 1.82) is 0 Å². The predicted molar refractivity (Wildman–Crippen MR) is 94.7 cm³/mol. The van der Waals surface area contributed by atoms with Crippen LogP contribution in [-0.4, -0.2) is 29.4 Å². The standard InChI is InChI=1S/C18H14N6O/c1-11-7-15-21-18(25)14-8-19-17-13(16(14)24(15)22-11)9-20-23(17)10-12-5-3-2-4-6-12/h2-9H,10H2,1H3,(H,21,25). The second-order valence-electron chi connectivity index (χ2n) is 6.08. The Morgan fingerprint density at radius 3 is 2.80 bits per heavy atom. The van der Waals surface area contributed by atoms with Crippen LogP contribution in [0.4, 0.5) is 0 Å². The highest BCUT2D eigenvalue weighted by molar-refractivity contribution is 6.02. The van der Waals surface area contributed by atoms with E-state index in [-0.39, 0.29) is 5.56 Å². The summed E-state index contributed by atoms with van der Waals surface area (Å²) in [7, 11) is 0. The maximum absolute atomic E-state index is 12.4. The minimum Gasteiger partial charge on any atom is -0.306 e. The SMILES string of the molecule is Cc1cc2[nH]c(=O)c3cnc4c(cnn4Cc4ccccc4)c3n2n1. The van der Waals surface area contributed by atoms with Crippen LogP contribution in [0, 0.1) is 6.92 Å². The summed E-state index contributed by atoms with van der Waals surface area (Å²) in [6.45, 7) is 2.52. The van der Waals surface area contributed by atoms with Crippen LogP contribution >= 0.6 is 0 Å². The number of hydrogen-bond acceptors (Lipinski definition) is 4. The fraction of sp³-hybridized carbons (Fsp3) is 0.111. The molecule has 5 aromatic rings. The molecule has 5 rings (SSSR count). The molecular formula is C18H14N6O. The molecular weight excluding hydrogens is 316 g/mol. The van der Waals surface area contributed by atoms with Crippen molar-refractivity contribution in [2.75, 3.05) is 0 Å². The smallest absolute Gasteiger partial charge is 0.260 e. The number of aromatic nitrogens is 6. The van der Waals surface area contributed by atoms with E-state index in [0.717, 1.165) is 27.8 Å². The van der Waals surface area contributed by atoms with E-state index >= 15 is 0 Å². The second kappa shape index (κ2) is 5.01. The summed E-state index contributed by atoms with van der Waals surface area (Å²) in [6, 6.07) is 11.9. The van der Waals surface area contributed by atoms with Gasteiger partial charge in [-0.05, 0) is 12.5 Å². The number of fused-ring (bicyclic) bond motifs is 5. The summed E-state index contributed by atoms with van der Waals surface area (Å²) < 4.78 is 3.60. The lowest BCUT2D eigenvalue weighted by atomic mass is 10.2. The van der Waals surface area contributed by atoms with E-state index < -0.39 is 0 Å². The third-order valence-electron chi connectivity index (χ3n) is 4.34. The Morgan fingerprint density at radius 1 is 1.12 bits per heavy atom. The van der Waals surface area contributed by atoms with Crippen LogP contribution < -0.4 is 5.56 Å². The summed E-state index contributed by atoms with van der Waals surface area (Å²) >= 11 is 0. The monoisotopic (exact) mass is 330 g/mol. The Balaban J connectivity index is 1.82. The Bertz CT molecular complexity index is 1300. The van der Waals surface area contributed by atoms with Gasteiger partial charge in [0.25, 0.3) is 5.56 Å². The molecule has 7 nitrogen and oxygen atoms in total. The van der Waals surface area contributed by atoms with Crippen LogP contribution in [0.3, 0.4) is 0 Å². The van der Waals surface area contributed by atoms with Gasteiger partial charge in [0.1, 0.15) is 5.65 Å². The van der Waals surface area contributed by atoms with Crippen LogP contribution in [0.1, 0.15) is 11.3 Å². The molecule has 0 aliphatic heterocycles. The molecule has 0 radical (unpaired) electrons. The van der Waals surface area contributed by atoms with Gasteiger partial charge in [0.15, 0.2) is 5.65 Å². The number of nitrogens with zero attached hydrogens (tertiary/aromatic N) is 5. The third-order valence-corrected chi connectivity index (χ3v) is 4.34. The van der Waals surface area contributed by atoms with Crippen molar-refractivity contribution < 1.29 is 0 Å². The van der Waals surface area contributed by atoms with Crippen molar-refractivity contribution in [3.63, 3.8) is 0 Å². The van der Waals surface area contributed by atoms with E-state index in [1.807, 2.05) is 48.0 Å². The highest BCUT2D eigenvalue weighted by atomic mass is 16.1. The number of aromatic amines is 1. The summed E-state index contributed by atoms with van der Waals surface area (Å²) in [5, 5.41) is 10.3. The Kier molecular flexibility index (Phi) is 2.79. The van der Waals surface area contributed by atoms with Gasteiger partial charge in [-0.25, -0.2) is 14.2 Å². The van der Waals surface area contributed by atoms with E-state index in [0.29, 0.717) is 17.6 Å². The fourth-order valence-electron chi connectivity index (χ4n) is 3.22. The number of benzene rings is 1. The van der Waals surface area contributed by atoms with Crippen molar-refractivity contribution >= 4 is 27.6 Å². The average molecular weight is 330 g/mol. The van der Waals surface area contributed by atoms with Crippen LogP contribution in [0.25, 0.3) is 27.6 Å². The third kappa shape index (κ3) is 2.06. The van der Waals surface area contributed by atoms with E-state index in [4.69, 9.17) is 0 Å². The van der Waals surface area contributed by atoms with Crippen molar-refractivity contribution in [1.82, 2.24) is 29.4 Å². The zero-order valence-corrected chi connectivity index (χ0v) is 13.5. The molecule has 0 unspecified atom stereocenters. The fourth-order valence-corrected chi connectivity index (χ4v) is 3.22. The molecule has 0 aliphatic rings. The number of H-pyrrole nitrogens is 1. The zero-order valence-electron chi connectivity index (χ0n) is 13.5. The van der Waals surface area contributed by atoms with Gasteiger partial charge in [-0.3, -0.25) is 4.79 Å². The van der Waals surface area contributed by atoms with E-state index in [1.165, 1.54) is 0 Å². The normalized spacial score (nSPS) is 11.7. The lowest BCUT2D eigenvalue weighted by Crippen LogP contribution is -2.11. The first-order valence-electron chi connectivity index (χ1n) is 7.97. The second-order valence-corrected chi connectivity index (χ2v) is 6.08. The van der Waals surface area contributed by atoms with Gasteiger partial charge >= 0.3 is 0 Å². The van der Waals surface area contributed by atoms with E-state index in [1.54, 1.807) is 16.9 Å². The summed E-state index contributed by atoms with van der Waals surface area (Å²) in [4.78, 5) is 19.7. The molecule has 4 heterocycles. The minimum absolute atomic E-state index is 0.174. The molecule has 0 spiro atoms. The minimum atomic E-state index is -0.174. The van der Waals surface area contributed by atoms with E-state index in [9.17, 15) is 4.79 Å². The molecule has 0 fully saturated rings. The number of aryl methyl sites for hydroxylation is 1. The lowest BCUT2D eigenvalue weighted by molar-refractivity contribution is 0.704. The molecule has 0 aliphatic carbocycles. The molecule has 1 aromatic carbocycles. The Labute approximate surface area is 141 Å². The average Bonchev–Trinajstić information content (AvgIpc) is 3.18. The van der Waals surface area contributed by atoms with Crippen LogP contribution in [0.15, 0.2) is 53.6 Å². The van der Waals surface area contributed by atoms with Gasteiger partial charge in [-0.2, -0.15) is 10.2 Å². The highest BCUT2D eigenvalue weighted by Gasteiger charge is 2.15. The van der Waals surface area contributed by atoms with Gasteiger partial charge in [-0.1, -0.05) is 30.3 Å². The number of nitrogens with one attached hydrogen (secondary N) is 1. The predicted octanol–water partition coefficient (Wildman–Crippen LogP) is 2.28. The Morgan fingerprint density at radius 2 is 1.96 bits per heavy atom. The molecule has 0 saturated heterocycles. The molecule has 4 aromatic heterocycles. The molecule has 0 saturated carbocycles. The zero-order chi connectivity index (χ0) is 17.0. The summed E-state index contributed by atoms with van der Waals surface area (Å²) in [6.07, 6.45) is 3.35. The largest absolute Gasteiger partial charge is 0.306 e. The van der Waals surface area contributed by atoms with Crippen LogP contribution in [-0.2, 0) is 6.54 Å². The van der Waals surface area contributed by atoms with Crippen molar-refractivity contribution in [2.24, 2.45) is 0 Å². The quantitative estimate of drug-likeness (QED) is 0.538. The molecule has 0 amide bonds. The van der Waals surface area contributed by atoms with Gasteiger partial charge < -0.3 is 4.98 Å². The maximum atomic E-state index is 12.4. The maximum Gasteiger partial charge on any atom is 0.260 e. The summed E-state index contributed by atoms with van der Waals surface area (Å²) in [5.41, 5.74) is 3.93. The molecule has 7 heteroatoms. The first kappa shape index (κ1) is 13.9. The Hall–Kier alpha value is -3.48. The first-order valence-corrected chi connectivity index (χ1v) is 7.97. The molecule has 1 N–H and O–H groups in total. The van der Waals surface area contributed by atoms with Crippen molar-refractivity contribution in [2.45, 2.75) is 13.5 Å². The van der Waals surface area contributed by atoms with Crippen LogP contribution in [0.2, 0.25) is 0 Å². The van der Waals surface area contributed by atoms with Crippen molar-refractivity contribution in [3.8, 4) is 0 Å². The molecule has 0 bridgehead atoms.